The molecular formula is C43H29N3O2. The molecule has 228 valence electrons. The van der Waals surface area contributed by atoms with Crippen LogP contribution in [0.4, 0.5) is 0 Å². The van der Waals surface area contributed by atoms with E-state index in [1.807, 2.05) is 78.9 Å². The third-order valence-electron chi connectivity index (χ3n) is 9.00. The Bertz CT molecular complexity index is 2720. The molecule has 0 aliphatic carbocycles. The summed E-state index contributed by atoms with van der Waals surface area (Å²) in [5, 5.41) is 6.68. The van der Waals surface area contributed by atoms with Gasteiger partial charge in [0.2, 0.25) is 0 Å². The summed E-state index contributed by atoms with van der Waals surface area (Å²) < 4.78 is 12.4. The molecule has 2 aromatic heterocycles. The average Bonchev–Trinajstić information content (AvgIpc) is 3.71. The minimum atomic E-state index is 0.368. The molecule has 9 rings (SSSR count). The maximum Gasteiger partial charge on any atom is 0.157 e. The van der Waals surface area contributed by atoms with Crippen LogP contribution in [0.2, 0.25) is 0 Å². The topological polar surface area (TPSA) is 77.0 Å². The van der Waals surface area contributed by atoms with E-state index >= 15 is 0 Å². The molecule has 0 saturated carbocycles. The van der Waals surface area contributed by atoms with E-state index in [2.05, 4.69) is 72.8 Å². The molecule has 0 bridgehead atoms. The van der Waals surface area contributed by atoms with E-state index in [0.717, 1.165) is 71.7 Å². The SMILES string of the molecule is N/C(=N\C(=N/Cc1cccc2oc3ccc(-c4ccc5ccccc5c4)cc3c12)c1ccccc1)c1ccc2c(c1)oc1ccccc12. The van der Waals surface area contributed by atoms with Crippen LogP contribution in [-0.4, -0.2) is 11.7 Å². The number of aliphatic imine (C=N–C) groups is 2. The lowest BCUT2D eigenvalue weighted by molar-refractivity contribution is 0.668. The molecule has 0 fully saturated rings. The van der Waals surface area contributed by atoms with Gasteiger partial charge in [0.1, 0.15) is 28.2 Å². The Morgan fingerprint density at radius 1 is 0.500 bits per heavy atom. The molecule has 5 heteroatoms. The van der Waals surface area contributed by atoms with E-state index in [1.54, 1.807) is 0 Å². The number of para-hydroxylation sites is 1. The second kappa shape index (κ2) is 11.4. The molecular weight excluding hydrogens is 590 g/mol. The first-order valence-corrected chi connectivity index (χ1v) is 16.0. The number of amidine groups is 2. The van der Waals surface area contributed by atoms with E-state index in [0.29, 0.717) is 18.2 Å². The summed E-state index contributed by atoms with van der Waals surface area (Å²) in [4.78, 5) is 9.94. The fraction of sp³-hybridized carbons (Fsp3) is 0.0233. The Kier molecular flexibility index (Phi) is 6.61. The summed E-state index contributed by atoms with van der Waals surface area (Å²) in [6, 6.07) is 51.5. The van der Waals surface area contributed by atoms with Crippen molar-refractivity contribution in [2.75, 3.05) is 0 Å². The van der Waals surface area contributed by atoms with Crippen LogP contribution in [0, 0.1) is 0 Å². The van der Waals surface area contributed by atoms with E-state index in [9.17, 15) is 0 Å². The summed E-state index contributed by atoms with van der Waals surface area (Å²) in [7, 11) is 0. The normalized spacial score (nSPS) is 12.6. The molecule has 0 saturated heterocycles. The number of benzene rings is 7. The van der Waals surface area contributed by atoms with Crippen LogP contribution in [0.3, 0.4) is 0 Å². The second-order valence-corrected chi connectivity index (χ2v) is 12.0. The Labute approximate surface area is 276 Å². The van der Waals surface area contributed by atoms with Crippen molar-refractivity contribution < 1.29 is 8.83 Å². The maximum absolute atomic E-state index is 6.65. The second-order valence-electron chi connectivity index (χ2n) is 12.0. The number of nitrogens with zero attached hydrogens (tertiary/aromatic N) is 2. The predicted molar refractivity (Wildman–Crippen MR) is 198 cm³/mol. The Morgan fingerprint density at radius 3 is 2.12 bits per heavy atom. The van der Waals surface area contributed by atoms with Crippen molar-refractivity contribution in [2.45, 2.75) is 6.54 Å². The largest absolute Gasteiger partial charge is 0.456 e. The first kappa shape index (κ1) is 27.8. The van der Waals surface area contributed by atoms with Crippen molar-refractivity contribution in [1.82, 2.24) is 0 Å². The minimum absolute atomic E-state index is 0.368. The highest BCUT2D eigenvalue weighted by Gasteiger charge is 2.14. The number of hydrogen-bond acceptors (Lipinski definition) is 3. The first-order chi connectivity index (χ1) is 23.7. The van der Waals surface area contributed by atoms with Crippen LogP contribution in [0.1, 0.15) is 16.7 Å². The molecule has 0 unspecified atom stereocenters. The van der Waals surface area contributed by atoms with Gasteiger partial charge in [0.25, 0.3) is 0 Å². The van der Waals surface area contributed by atoms with Crippen LogP contribution >= 0.6 is 0 Å². The standard InChI is InChI=1S/C43H29N3O2/c44-42(32-19-21-35-34-14-6-7-15-37(34)48-40(35)25-32)46-43(28-10-2-1-3-11-28)45-26-33-13-8-16-39-41(33)36-24-31(20-22-38(36)47-39)30-18-17-27-9-4-5-12-29(27)23-30/h1-25H,26H2,(H2,44,45,46). The minimum Gasteiger partial charge on any atom is -0.456 e. The summed E-state index contributed by atoms with van der Waals surface area (Å²) >= 11 is 0. The van der Waals surface area contributed by atoms with Gasteiger partial charge in [0, 0.05) is 32.7 Å². The zero-order chi connectivity index (χ0) is 32.0. The van der Waals surface area contributed by atoms with Gasteiger partial charge < -0.3 is 14.6 Å². The quantitative estimate of drug-likeness (QED) is 0.154. The van der Waals surface area contributed by atoms with Gasteiger partial charge >= 0.3 is 0 Å². The number of fused-ring (bicyclic) bond motifs is 7. The van der Waals surface area contributed by atoms with Crippen LogP contribution in [-0.2, 0) is 6.54 Å². The Balaban J connectivity index is 1.11. The van der Waals surface area contributed by atoms with Crippen LogP contribution in [0.25, 0.3) is 65.8 Å². The highest BCUT2D eigenvalue weighted by Crippen LogP contribution is 2.36. The lowest BCUT2D eigenvalue weighted by atomic mass is 9.98. The average molecular weight is 620 g/mol. The van der Waals surface area contributed by atoms with E-state index in [-0.39, 0.29) is 0 Å². The van der Waals surface area contributed by atoms with Crippen LogP contribution in [0.5, 0.6) is 0 Å². The Hall–Kier alpha value is -6.46. The monoisotopic (exact) mass is 619 g/mol. The van der Waals surface area contributed by atoms with Crippen molar-refractivity contribution in [1.29, 1.82) is 0 Å². The molecule has 48 heavy (non-hydrogen) atoms. The van der Waals surface area contributed by atoms with Crippen molar-refractivity contribution in [3.05, 3.63) is 168 Å². The number of hydrogen-bond donors (Lipinski definition) is 1. The van der Waals surface area contributed by atoms with Gasteiger partial charge in [0.15, 0.2) is 5.84 Å². The van der Waals surface area contributed by atoms with Crippen LogP contribution < -0.4 is 5.73 Å². The molecule has 0 amide bonds. The van der Waals surface area contributed by atoms with Crippen LogP contribution in [0.15, 0.2) is 170 Å². The van der Waals surface area contributed by atoms with E-state index in [4.69, 9.17) is 24.6 Å². The molecule has 0 atom stereocenters. The van der Waals surface area contributed by atoms with Gasteiger partial charge in [-0.05, 0) is 69.9 Å². The summed E-state index contributed by atoms with van der Waals surface area (Å²) in [5.74, 6) is 0.923. The van der Waals surface area contributed by atoms with E-state index in [1.165, 1.54) is 10.8 Å². The number of nitrogens with two attached hydrogens (primary N) is 1. The van der Waals surface area contributed by atoms with Gasteiger partial charge in [-0.25, -0.2) is 4.99 Å². The third-order valence-corrected chi connectivity index (χ3v) is 9.00. The zero-order valence-corrected chi connectivity index (χ0v) is 25.9. The molecule has 9 aromatic rings. The van der Waals surface area contributed by atoms with Crippen molar-refractivity contribution in [2.24, 2.45) is 15.7 Å². The molecule has 0 spiro atoms. The lowest BCUT2D eigenvalue weighted by Gasteiger charge is -2.07. The fourth-order valence-corrected chi connectivity index (χ4v) is 6.58. The van der Waals surface area contributed by atoms with Crippen molar-refractivity contribution in [3.63, 3.8) is 0 Å². The first-order valence-electron chi connectivity index (χ1n) is 16.0. The van der Waals surface area contributed by atoms with E-state index < -0.39 is 0 Å². The summed E-state index contributed by atoms with van der Waals surface area (Å²) in [6.07, 6.45) is 0. The number of furan rings is 2. The van der Waals surface area contributed by atoms with Gasteiger partial charge in [-0.1, -0.05) is 109 Å². The highest BCUT2D eigenvalue weighted by atomic mass is 16.3. The predicted octanol–water partition coefficient (Wildman–Crippen LogP) is 10.7. The van der Waals surface area contributed by atoms with Crippen molar-refractivity contribution >= 4 is 66.3 Å². The van der Waals surface area contributed by atoms with Gasteiger partial charge in [0.05, 0.1) is 6.54 Å². The molecule has 2 N–H and O–H groups in total. The number of rotatable bonds is 5. The van der Waals surface area contributed by atoms with Gasteiger partial charge in [-0.15, -0.1) is 0 Å². The zero-order valence-electron chi connectivity index (χ0n) is 25.9. The molecule has 2 heterocycles. The summed E-state index contributed by atoms with van der Waals surface area (Å²) in [5.41, 5.74) is 14.9. The lowest BCUT2D eigenvalue weighted by Crippen LogP contribution is -2.16. The van der Waals surface area contributed by atoms with Gasteiger partial charge in [-0.3, -0.25) is 4.99 Å². The highest BCUT2D eigenvalue weighted by molar-refractivity contribution is 6.13. The molecule has 0 aliphatic heterocycles. The molecule has 0 aliphatic rings. The molecule has 5 nitrogen and oxygen atoms in total. The van der Waals surface area contributed by atoms with Gasteiger partial charge in [-0.2, -0.15) is 0 Å². The maximum atomic E-state index is 6.65. The molecule has 0 radical (unpaired) electrons. The summed E-state index contributed by atoms with van der Waals surface area (Å²) in [6.45, 7) is 0.399. The smallest absolute Gasteiger partial charge is 0.157 e. The third kappa shape index (κ3) is 4.89. The Morgan fingerprint density at radius 2 is 1.21 bits per heavy atom. The fourth-order valence-electron chi connectivity index (χ4n) is 6.58. The van der Waals surface area contributed by atoms with Crippen molar-refractivity contribution in [3.8, 4) is 11.1 Å². The molecule has 7 aromatic carbocycles.